The number of nitrogens with zero attached hydrogens (tertiary/aromatic N) is 3. The summed E-state index contributed by atoms with van der Waals surface area (Å²) in [5.74, 6) is 2.34. The molecule has 7 heteroatoms. The van der Waals surface area contributed by atoms with E-state index in [4.69, 9.17) is 26.1 Å². The molecule has 0 unspecified atom stereocenters. The van der Waals surface area contributed by atoms with Crippen LogP contribution in [-0.4, -0.2) is 35.4 Å². The normalized spacial score (nSPS) is 16.8. The van der Waals surface area contributed by atoms with Gasteiger partial charge in [0.2, 0.25) is 5.89 Å². The van der Waals surface area contributed by atoms with E-state index in [1.165, 1.54) is 0 Å². The van der Waals surface area contributed by atoms with Crippen molar-refractivity contribution in [1.29, 1.82) is 0 Å². The smallest absolute Gasteiger partial charge is 0.288 e. The van der Waals surface area contributed by atoms with Gasteiger partial charge in [0.05, 0.1) is 27.3 Å². The number of methoxy groups -OCH3 is 2. The molecule has 0 radical (unpaired) electrons. The second-order valence-corrected chi connectivity index (χ2v) is 7.49. The summed E-state index contributed by atoms with van der Waals surface area (Å²) in [4.78, 5) is 2.77. The molecule has 2 aromatic carbocycles. The highest BCUT2D eigenvalue weighted by Gasteiger charge is 2.29. The minimum atomic E-state index is 0.219. The molecular weight excluding hydrogens is 386 g/mol. The minimum absolute atomic E-state index is 0.219. The van der Waals surface area contributed by atoms with Crippen LogP contribution in [0.25, 0.3) is 0 Å². The quantitative estimate of drug-likeness (QED) is 0.529. The van der Waals surface area contributed by atoms with Gasteiger partial charge in [0.15, 0.2) is 0 Å². The van der Waals surface area contributed by atoms with E-state index in [-0.39, 0.29) is 6.04 Å². The van der Waals surface area contributed by atoms with Gasteiger partial charge in [-0.15, -0.1) is 5.10 Å². The third-order valence-electron chi connectivity index (χ3n) is 5.32. The molecule has 0 spiro atoms. The molecule has 152 valence electrons. The monoisotopic (exact) mass is 411 g/mol. The Balaban J connectivity index is 1.54. The standard InChI is InChI=1S/C22H25N3O3S/c1-26-17-10-11-20(27-2)18(14-17)19-9-6-12-24(19)15-25-22(29)28-21(23-25)13-16-7-4-3-5-8-16/h3-5,7-8,10-11,14,19H,6,9,12-13,15H2,1-2H3/t19-/m1/s1. The molecule has 1 atom stereocenters. The highest BCUT2D eigenvalue weighted by Crippen LogP contribution is 2.39. The average Bonchev–Trinajstić information content (AvgIpc) is 3.34. The molecule has 1 aliphatic heterocycles. The number of likely N-dealkylation sites (tertiary alicyclic amines) is 1. The lowest BCUT2D eigenvalue weighted by Crippen LogP contribution is -2.27. The van der Waals surface area contributed by atoms with Crippen LogP contribution in [-0.2, 0) is 13.1 Å². The molecule has 1 aromatic heterocycles. The molecular formula is C22H25N3O3S. The first kappa shape index (κ1) is 19.7. The number of ether oxygens (including phenoxy) is 2. The third kappa shape index (κ3) is 4.36. The van der Waals surface area contributed by atoms with E-state index in [0.717, 1.165) is 42.0 Å². The zero-order valence-electron chi connectivity index (χ0n) is 16.7. The van der Waals surface area contributed by atoms with Crippen molar-refractivity contribution in [3.63, 3.8) is 0 Å². The summed E-state index contributed by atoms with van der Waals surface area (Å²) in [5, 5.41) is 4.62. The maximum atomic E-state index is 5.75. The summed E-state index contributed by atoms with van der Waals surface area (Å²) in [6.45, 7) is 1.55. The Labute approximate surface area is 175 Å². The van der Waals surface area contributed by atoms with Gasteiger partial charge in [-0.25, -0.2) is 4.68 Å². The van der Waals surface area contributed by atoms with Gasteiger partial charge in [-0.05, 0) is 48.8 Å². The molecule has 1 aliphatic rings. The fourth-order valence-electron chi connectivity index (χ4n) is 3.90. The van der Waals surface area contributed by atoms with Crippen molar-refractivity contribution < 1.29 is 13.9 Å². The number of hydrogen-bond acceptors (Lipinski definition) is 6. The zero-order chi connectivity index (χ0) is 20.2. The Bertz CT molecular complexity index is 1020. The lowest BCUT2D eigenvalue weighted by Gasteiger charge is -2.26. The number of hydrogen-bond donors (Lipinski definition) is 0. The van der Waals surface area contributed by atoms with Crippen LogP contribution < -0.4 is 9.47 Å². The van der Waals surface area contributed by atoms with Gasteiger partial charge in [-0.1, -0.05) is 30.3 Å². The van der Waals surface area contributed by atoms with Crippen LogP contribution in [0.15, 0.2) is 52.9 Å². The van der Waals surface area contributed by atoms with Crippen molar-refractivity contribution in [3.8, 4) is 11.5 Å². The fraction of sp³-hybridized carbons (Fsp3) is 0.364. The van der Waals surface area contributed by atoms with Crippen molar-refractivity contribution in [2.24, 2.45) is 0 Å². The molecule has 0 bridgehead atoms. The van der Waals surface area contributed by atoms with Gasteiger partial charge in [-0.2, -0.15) is 0 Å². The van der Waals surface area contributed by atoms with Gasteiger partial charge in [0.1, 0.15) is 11.5 Å². The first-order valence-electron chi connectivity index (χ1n) is 9.74. The van der Waals surface area contributed by atoms with E-state index in [2.05, 4.69) is 28.2 Å². The van der Waals surface area contributed by atoms with Gasteiger partial charge in [-0.3, -0.25) is 4.90 Å². The molecule has 0 amide bonds. The molecule has 0 N–H and O–H groups in total. The number of rotatable bonds is 7. The van der Waals surface area contributed by atoms with Crippen molar-refractivity contribution in [2.45, 2.75) is 32.0 Å². The zero-order valence-corrected chi connectivity index (χ0v) is 17.5. The van der Waals surface area contributed by atoms with Crippen molar-refractivity contribution in [1.82, 2.24) is 14.7 Å². The number of aromatic nitrogens is 2. The van der Waals surface area contributed by atoms with Crippen LogP contribution in [0.1, 0.15) is 35.9 Å². The first-order valence-corrected chi connectivity index (χ1v) is 10.2. The Kier molecular flexibility index (Phi) is 5.97. The third-order valence-corrected chi connectivity index (χ3v) is 5.62. The Morgan fingerprint density at radius 1 is 1.14 bits per heavy atom. The molecule has 3 aromatic rings. The molecule has 6 nitrogen and oxygen atoms in total. The SMILES string of the molecule is COc1ccc(OC)c([C@H]2CCCN2Cn2nc(Cc3ccccc3)oc2=S)c1. The van der Waals surface area contributed by atoms with E-state index in [0.29, 0.717) is 23.8 Å². The average molecular weight is 412 g/mol. The minimum Gasteiger partial charge on any atom is -0.497 e. The van der Waals surface area contributed by atoms with Gasteiger partial charge >= 0.3 is 0 Å². The first-order chi connectivity index (χ1) is 14.2. The Hall–Kier alpha value is -2.64. The molecule has 1 saturated heterocycles. The highest BCUT2D eigenvalue weighted by atomic mass is 32.1. The Morgan fingerprint density at radius 3 is 2.72 bits per heavy atom. The predicted octanol–water partition coefficient (Wildman–Crippen LogP) is 4.61. The molecule has 0 aliphatic carbocycles. The summed E-state index contributed by atoms with van der Waals surface area (Å²) < 4.78 is 18.6. The summed E-state index contributed by atoms with van der Waals surface area (Å²) in [6.07, 6.45) is 2.78. The fourth-order valence-corrected chi connectivity index (χ4v) is 4.09. The molecule has 2 heterocycles. The van der Waals surface area contributed by atoms with E-state index in [1.807, 2.05) is 30.3 Å². The largest absolute Gasteiger partial charge is 0.497 e. The maximum absolute atomic E-state index is 5.75. The van der Waals surface area contributed by atoms with Crippen LogP contribution >= 0.6 is 12.2 Å². The van der Waals surface area contributed by atoms with Crippen LogP contribution in [0.5, 0.6) is 11.5 Å². The predicted molar refractivity (Wildman–Crippen MR) is 113 cm³/mol. The maximum Gasteiger partial charge on any atom is 0.288 e. The van der Waals surface area contributed by atoms with Crippen LogP contribution in [0.3, 0.4) is 0 Å². The van der Waals surface area contributed by atoms with Gasteiger partial charge in [0.25, 0.3) is 4.84 Å². The Morgan fingerprint density at radius 2 is 1.97 bits per heavy atom. The lowest BCUT2D eigenvalue weighted by atomic mass is 10.0. The van der Waals surface area contributed by atoms with Crippen LogP contribution in [0.4, 0.5) is 0 Å². The van der Waals surface area contributed by atoms with Crippen molar-refractivity contribution in [2.75, 3.05) is 20.8 Å². The van der Waals surface area contributed by atoms with Gasteiger partial charge < -0.3 is 13.9 Å². The van der Waals surface area contributed by atoms with E-state index in [9.17, 15) is 0 Å². The van der Waals surface area contributed by atoms with Gasteiger partial charge in [0, 0.05) is 18.2 Å². The second kappa shape index (κ2) is 8.80. The lowest BCUT2D eigenvalue weighted by molar-refractivity contribution is 0.184. The van der Waals surface area contributed by atoms with Crippen molar-refractivity contribution >= 4 is 12.2 Å². The summed E-state index contributed by atoms with van der Waals surface area (Å²) in [7, 11) is 3.38. The second-order valence-electron chi connectivity index (χ2n) is 7.14. The molecule has 29 heavy (non-hydrogen) atoms. The number of benzene rings is 2. The molecule has 0 saturated carbocycles. The highest BCUT2D eigenvalue weighted by molar-refractivity contribution is 7.71. The molecule has 1 fully saturated rings. The van der Waals surface area contributed by atoms with Crippen LogP contribution in [0, 0.1) is 4.84 Å². The van der Waals surface area contributed by atoms with E-state index in [1.54, 1.807) is 18.9 Å². The molecule has 4 rings (SSSR count). The van der Waals surface area contributed by atoms with E-state index < -0.39 is 0 Å². The summed E-state index contributed by atoms with van der Waals surface area (Å²) in [6, 6.07) is 16.3. The summed E-state index contributed by atoms with van der Waals surface area (Å²) >= 11 is 5.43. The van der Waals surface area contributed by atoms with Crippen LogP contribution in [0.2, 0.25) is 0 Å². The summed E-state index contributed by atoms with van der Waals surface area (Å²) in [5.41, 5.74) is 2.28. The van der Waals surface area contributed by atoms with Crippen molar-refractivity contribution in [3.05, 3.63) is 70.4 Å². The topological polar surface area (TPSA) is 52.7 Å². The van der Waals surface area contributed by atoms with E-state index >= 15 is 0 Å².